The highest BCUT2D eigenvalue weighted by molar-refractivity contribution is 7.16. The molecule has 6 heteroatoms. The molecule has 0 saturated carbocycles. The summed E-state index contributed by atoms with van der Waals surface area (Å²) in [5.74, 6) is 1.88. The van der Waals surface area contributed by atoms with Gasteiger partial charge in [0.2, 0.25) is 4.96 Å². The van der Waals surface area contributed by atoms with Gasteiger partial charge >= 0.3 is 0 Å². The van der Waals surface area contributed by atoms with Crippen LogP contribution in [0.5, 0.6) is 0 Å². The van der Waals surface area contributed by atoms with E-state index in [9.17, 15) is 0 Å². The van der Waals surface area contributed by atoms with E-state index in [-0.39, 0.29) is 0 Å². The molecule has 2 aliphatic rings. The summed E-state index contributed by atoms with van der Waals surface area (Å²) >= 11 is 1.73. The lowest BCUT2D eigenvalue weighted by molar-refractivity contribution is 0.0559. The van der Waals surface area contributed by atoms with Gasteiger partial charge in [0.25, 0.3) is 0 Å². The number of hydrogen-bond acceptors (Lipinski definition) is 5. The van der Waals surface area contributed by atoms with Crippen molar-refractivity contribution in [2.24, 2.45) is 5.92 Å². The Morgan fingerprint density at radius 3 is 2.91 bits per heavy atom. The van der Waals surface area contributed by atoms with Crippen LogP contribution in [-0.4, -0.2) is 43.8 Å². The molecule has 0 bridgehead atoms. The zero-order chi connectivity index (χ0) is 15.6. The average molecular weight is 334 g/mol. The van der Waals surface area contributed by atoms with Gasteiger partial charge in [-0.05, 0) is 57.5 Å². The first kappa shape index (κ1) is 15.5. The maximum absolute atomic E-state index is 4.78. The van der Waals surface area contributed by atoms with Crippen LogP contribution in [0.4, 0.5) is 0 Å². The average Bonchev–Trinajstić information content (AvgIpc) is 3.15. The fourth-order valence-electron chi connectivity index (χ4n) is 4.40. The third-order valence-electron chi connectivity index (χ3n) is 5.53. The third-order valence-corrected chi connectivity index (χ3v) is 6.49. The maximum Gasteiger partial charge on any atom is 0.234 e. The summed E-state index contributed by atoms with van der Waals surface area (Å²) in [5, 5.41) is 14.5. The van der Waals surface area contributed by atoms with Crippen LogP contribution in [0.25, 0.3) is 4.96 Å². The Hall–Kier alpha value is -1.01. The van der Waals surface area contributed by atoms with Gasteiger partial charge < -0.3 is 4.90 Å². The lowest BCUT2D eigenvalue weighted by Crippen LogP contribution is -2.47. The molecule has 126 valence electrons. The van der Waals surface area contributed by atoms with Gasteiger partial charge in [0.15, 0.2) is 5.82 Å². The monoisotopic (exact) mass is 333 g/mol. The Morgan fingerprint density at radius 2 is 2.00 bits per heavy atom. The van der Waals surface area contributed by atoms with Gasteiger partial charge in [-0.1, -0.05) is 24.7 Å². The highest BCUT2D eigenvalue weighted by Gasteiger charge is 2.32. The Kier molecular flexibility index (Phi) is 4.62. The van der Waals surface area contributed by atoms with E-state index in [1.165, 1.54) is 56.6 Å². The highest BCUT2D eigenvalue weighted by Crippen LogP contribution is 2.33. The fourth-order valence-corrected chi connectivity index (χ4v) is 5.27. The van der Waals surface area contributed by atoms with Crippen LogP contribution in [0.1, 0.15) is 62.7 Å². The quantitative estimate of drug-likeness (QED) is 0.842. The van der Waals surface area contributed by atoms with Gasteiger partial charge in [0.1, 0.15) is 5.01 Å². The SMILES string of the molecule is CCCc1nnc2sc(CC[C@@H]3CCCN4CCCC[C@H]34)nn12. The van der Waals surface area contributed by atoms with Crippen LogP contribution in [0.2, 0.25) is 0 Å². The second-order valence-electron chi connectivity index (χ2n) is 7.10. The molecule has 2 aromatic heterocycles. The van der Waals surface area contributed by atoms with E-state index < -0.39 is 0 Å². The van der Waals surface area contributed by atoms with Gasteiger partial charge in [-0.25, -0.2) is 0 Å². The highest BCUT2D eigenvalue weighted by atomic mass is 32.1. The van der Waals surface area contributed by atoms with E-state index in [2.05, 4.69) is 22.0 Å². The minimum atomic E-state index is 0.846. The molecule has 2 atom stereocenters. The van der Waals surface area contributed by atoms with E-state index >= 15 is 0 Å². The van der Waals surface area contributed by atoms with E-state index in [1.807, 2.05) is 4.52 Å². The predicted molar refractivity (Wildman–Crippen MR) is 92.9 cm³/mol. The van der Waals surface area contributed by atoms with Crippen molar-refractivity contribution in [2.75, 3.05) is 13.1 Å². The van der Waals surface area contributed by atoms with Crippen molar-refractivity contribution in [1.29, 1.82) is 0 Å². The van der Waals surface area contributed by atoms with Gasteiger partial charge in [0, 0.05) is 18.9 Å². The molecule has 2 fully saturated rings. The summed E-state index contributed by atoms with van der Waals surface area (Å²) in [7, 11) is 0. The fraction of sp³-hybridized carbons (Fsp3) is 0.824. The molecular weight excluding hydrogens is 306 g/mol. The standard InChI is InChI=1S/C17H27N5S/c1-2-6-15-18-19-17-22(15)20-16(23-17)10-9-13-7-5-12-21-11-4-3-8-14(13)21/h13-14H,2-12H2,1H3/t13-,14+/m0/s1. The molecule has 0 amide bonds. The molecule has 2 aliphatic heterocycles. The predicted octanol–water partition coefficient (Wildman–Crippen LogP) is 3.34. The molecule has 0 aliphatic carbocycles. The summed E-state index contributed by atoms with van der Waals surface area (Å²) < 4.78 is 1.97. The van der Waals surface area contributed by atoms with E-state index in [4.69, 9.17) is 5.10 Å². The lowest BCUT2D eigenvalue weighted by Gasteiger charge is -2.44. The molecule has 0 aromatic carbocycles. The van der Waals surface area contributed by atoms with Crippen LogP contribution in [-0.2, 0) is 12.8 Å². The second-order valence-corrected chi connectivity index (χ2v) is 8.14. The molecular formula is C17H27N5S. The molecule has 23 heavy (non-hydrogen) atoms. The molecule has 0 radical (unpaired) electrons. The summed E-state index contributed by atoms with van der Waals surface area (Å²) in [4.78, 5) is 3.72. The lowest BCUT2D eigenvalue weighted by atomic mass is 9.81. The second kappa shape index (κ2) is 6.85. The maximum atomic E-state index is 4.78. The van der Waals surface area contributed by atoms with Crippen molar-refractivity contribution in [3.05, 3.63) is 10.8 Å². The van der Waals surface area contributed by atoms with Crippen LogP contribution >= 0.6 is 11.3 Å². The van der Waals surface area contributed by atoms with Crippen molar-refractivity contribution in [1.82, 2.24) is 24.7 Å². The topological polar surface area (TPSA) is 46.3 Å². The molecule has 4 rings (SSSR count). The summed E-state index contributed by atoms with van der Waals surface area (Å²) in [6, 6.07) is 0.846. The number of aromatic nitrogens is 4. The number of nitrogens with zero attached hydrogens (tertiary/aromatic N) is 5. The number of fused-ring (bicyclic) bond motifs is 2. The molecule has 4 heterocycles. The van der Waals surface area contributed by atoms with Crippen molar-refractivity contribution in [2.45, 2.75) is 70.8 Å². The Bertz CT molecular complexity index is 646. The van der Waals surface area contributed by atoms with Crippen LogP contribution < -0.4 is 0 Å². The number of rotatable bonds is 5. The molecule has 2 saturated heterocycles. The van der Waals surface area contributed by atoms with Gasteiger partial charge in [-0.15, -0.1) is 10.2 Å². The minimum Gasteiger partial charge on any atom is -0.300 e. The molecule has 0 unspecified atom stereocenters. The summed E-state index contributed by atoms with van der Waals surface area (Å²) in [6.07, 6.45) is 11.5. The van der Waals surface area contributed by atoms with Crippen molar-refractivity contribution in [3.63, 3.8) is 0 Å². The van der Waals surface area contributed by atoms with E-state index in [0.29, 0.717) is 0 Å². The first-order valence-corrected chi connectivity index (χ1v) is 10.1. The number of hydrogen-bond donors (Lipinski definition) is 0. The van der Waals surface area contributed by atoms with Crippen LogP contribution in [0.3, 0.4) is 0 Å². The van der Waals surface area contributed by atoms with Gasteiger partial charge in [-0.2, -0.15) is 9.61 Å². The number of aryl methyl sites for hydroxylation is 2. The van der Waals surface area contributed by atoms with Crippen LogP contribution in [0.15, 0.2) is 0 Å². The molecule has 5 nitrogen and oxygen atoms in total. The van der Waals surface area contributed by atoms with Crippen LogP contribution in [0, 0.1) is 5.92 Å². The van der Waals surface area contributed by atoms with E-state index in [0.717, 1.165) is 42.0 Å². The molecule has 0 spiro atoms. The summed E-state index contributed by atoms with van der Waals surface area (Å²) in [6.45, 7) is 4.84. The first-order chi connectivity index (χ1) is 11.3. The zero-order valence-electron chi connectivity index (χ0n) is 14.1. The summed E-state index contributed by atoms with van der Waals surface area (Å²) in [5.41, 5.74) is 0. The molecule has 0 N–H and O–H groups in total. The van der Waals surface area contributed by atoms with Gasteiger partial charge in [0.05, 0.1) is 0 Å². The van der Waals surface area contributed by atoms with Gasteiger partial charge in [-0.3, -0.25) is 0 Å². The van der Waals surface area contributed by atoms with Crippen molar-refractivity contribution >= 4 is 16.3 Å². The largest absolute Gasteiger partial charge is 0.300 e. The van der Waals surface area contributed by atoms with E-state index in [1.54, 1.807) is 11.3 Å². The van der Waals surface area contributed by atoms with Crippen molar-refractivity contribution < 1.29 is 0 Å². The minimum absolute atomic E-state index is 0.846. The number of piperidine rings is 2. The normalized spacial score (nSPS) is 25.8. The van der Waals surface area contributed by atoms with Crippen molar-refractivity contribution in [3.8, 4) is 0 Å². The smallest absolute Gasteiger partial charge is 0.234 e. The first-order valence-electron chi connectivity index (χ1n) is 9.29. The third kappa shape index (κ3) is 3.15. The molecule has 2 aromatic rings. The Balaban J connectivity index is 1.42. The zero-order valence-corrected chi connectivity index (χ0v) is 14.9. The Labute approximate surface area is 142 Å². The Morgan fingerprint density at radius 1 is 1.09 bits per heavy atom.